The van der Waals surface area contributed by atoms with E-state index in [4.69, 9.17) is 4.98 Å². The summed E-state index contributed by atoms with van der Waals surface area (Å²) in [6.45, 7) is 0. The summed E-state index contributed by atoms with van der Waals surface area (Å²) in [4.78, 5) is 30.4. The summed E-state index contributed by atoms with van der Waals surface area (Å²) >= 11 is 0. The van der Waals surface area contributed by atoms with Gasteiger partial charge in [0.15, 0.2) is 0 Å². The first-order valence-corrected chi connectivity index (χ1v) is 13.3. The third-order valence-electron chi connectivity index (χ3n) is 8.26. The van der Waals surface area contributed by atoms with Gasteiger partial charge in [0, 0.05) is 55.6 Å². The molecule has 37 heavy (non-hydrogen) atoms. The SMILES string of the molecule is CN(C)C(=O)c1cc2cnc(Nc3ccc(C(O)N4C5CCC4CC(O)C5)cn3)nc2n1C1CCCC1. The Morgan fingerprint density at radius 1 is 1.05 bits per heavy atom. The van der Waals surface area contributed by atoms with Gasteiger partial charge in [0.05, 0.1) is 6.10 Å². The van der Waals surface area contributed by atoms with E-state index in [1.165, 1.54) is 0 Å². The summed E-state index contributed by atoms with van der Waals surface area (Å²) < 4.78 is 2.09. The molecule has 3 aromatic heterocycles. The van der Waals surface area contributed by atoms with E-state index in [9.17, 15) is 15.0 Å². The van der Waals surface area contributed by atoms with Crippen LogP contribution in [0.1, 0.15) is 79.7 Å². The van der Waals surface area contributed by atoms with Gasteiger partial charge >= 0.3 is 0 Å². The van der Waals surface area contributed by atoms with E-state index in [1.807, 2.05) is 18.2 Å². The van der Waals surface area contributed by atoms with E-state index in [2.05, 4.69) is 24.8 Å². The number of carbonyl (C=O) groups excluding carboxylic acids is 1. The number of piperidine rings is 1. The Balaban J connectivity index is 1.23. The second-order valence-electron chi connectivity index (χ2n) is 10.9. The van der Waals surface area contributed by atoms with E-state index >= 15 is 0 Å². The number of fused-ring (bicyclic) bond motifs is 3. The number of anilines is 2. The molecule has 1 saturated carbocycles. The van der Waals surface area contributed by atoms with Gasteiger partial charge in [-0.25, -0.2) is 9.97 Å². The zero-order valence-corrected chi connectivity index (χ0v) is 21.4. The fourth-order valence-electron chi connectivity index (χ4n) is 6.50. The Labute approximate surface area is 216 Å². The second kappa shape index (κ2) is 9.66. The molecule has 1 amide bonds. The molecule has 1 aliphatic carbocycles. The summed E-state index contributed by atoms with van der Waals surface area (Å²) in [5, 5.41) is 25.2. The quantitative estimate of drug-likeness (QED) is 0.467. The van der Waals surface area contributed by atoms with Gasteiger partial charge in [0.2, 0.25) is 5.95 Å². The first kappa shape index (κ1) is 24.3. The van der Waals surface area contributed by atoms with Crippen molar-refractivity contribution in [2.75, 3.05) is 19.4 Å². The van der Waals surface area contributed by atoms with Crippen molar-refractivity contribution < 1.29 is 15.0 Å². The van der Waals surface area contributed by atoms with Crippen molar-refractivity contribution in [3.05, 3.63) is 41.9 Å². The Hall–Kier alpha value is -3.08. The smallest absolute Gasteiger partial charge is 0.270 e. The first-order valence-electron chi connectivity index (χ1n) is 13.3. The third kappa shape index (κ3) is 4.47. The summed E-state index contributed by atoms with van der Waals surface area (Å²) in [6.07, 6.45) is 10.3. The summed E-state index contributed by atoms with van der Waals surface area (Å²) in [5.74, 6) is 0.959. The molecule has 3 atom stereocenters. The van der Waals surface area contributed by atoms with Crippen LogP contribution in [0.15, 0.2) is 30.6 Å². The highest BCUT2D eigenvalue weighted by Crippen LogP contribution is 2.40. The Bertz CT molecular complexity index is 1270. The van der Waals surface area contributed by atoms with Crippen LogP contribution in [0.4, 0.5) is 11.8 Å². The molecule has 3 fully saturated rings. The summed E-state index contributed by atoms with van der Waals surface area (Å²) in [7, 11) is 3.53. The van der Waals surface area contributed by atoms with E-state index in [0.29, 0.717) is 30.3 Å². The number of rotatable bonds is 6. The molecule has 2 bridgehead atoms. The van der Waals surface area contributed by atoms with Crippen LogP contribution in [-0.4, -0.2) is 77.7 Å². The maximum Gasteiger partial charge on any atom is 0.270 e. The molecule has 3 aliphatic rings. The third-order valence-corrected chi connectivity index (χ3v) is 8.26. The van der Waals surface area contributed by atoms with Gasteiger partial charge in [-0.2, -0.15) is 4.98 Å². The van der Waals surface area contributed by atoms with E-state index in [-0.39, 0.29) is 30.1 Å². The minimum Gasteiger partial charge on any atom is -0.393 e. The monoisotopic (exact) mass is 505 g/mol. The van der Waals surface area contributed by atoms with Crippen molar-refractivity contribution in [3.63, 3.8) is 0 Å². The molecule has 2 saturated heterocycles. The fraction of sp³-hybridized carbons (Fsp3) is 0.556. The molecule has 0 radical (unpaired) electrons. The molecule has 5 heterocycles. The zero-order chi connectivity index (χ0) is 25.7. The van der Waals surface area contributed by atoms with Crippen LogP contribution in [0.3, 0.4) is 0 Å². The van der Waals surface area contributed by atoms with E-state index in [1.54, 1.807) is 31.4 Å². The molecule has 3 unspecified atom stereocenters. The number of aromatic nitrogens is 4. The average molecular weight is 506 g/mol. The standard InChI is InChI=1S/C27H35N7O3/c1-32(2)26(37)22-11-17-15-29-27(31-24(17)34(22)18-5-3-4-6-18)30-23-10-7-16(14-28-23)25(36)33-19-8-9-20(33)13-21(35)12-19/h7,10-11,14-15,18-21,25,35-36H,3-6,8-9,12-13H2,1-2H3,(H,28,29,30,31). The molecular formula is C27H35N7O3. The minimum absolute atomic E-state index is 0.0353. The number of pyridine rings is 1. The average Bonchev–Trinajstić information content (AvgIpc) is 3.60. The zero-order valence-electron chi connectivity index (χ0n) is 21.4. The van der Waals surface area contributed by atoms with Crippen LogP contribution >= 0.6 is 0 Å². The highest BCUT2D eigenvalue weighted by molar-refractivity contribution is 5.97. The molecular weight excluding hydrogens is 470 g/mol. The van der Waals surface area contributed by atoms with Gasteiger partial charge in [-0.3, -0.25) is 9.69 Å². The number of nitrogens with one attached hydrogen (secondary N) is 1. The second-order valence-corrected chi connectivity index (χ2v) is 10.9. The lowest BCUT2D eigenvalue weighted by atomic mass is 9.98. The molecule has 196 valence electrons. The van der Waals surface area contributed by atoms with Crippen LogP contribution < -0.4 is 5.32 Å². The van der Waals surface area contributed by atoms with E-state index < -0.39 is 6.23 Å². The molecule has 10 nitrogen and oxygen atoms in total. The number of carbonyl (C=O) groups is 1. The maximum absolute atomic E-state index is 12.9. The number of aliphatic hydroxyl groups excluding tert-OH is 2. The van der Waals surface area contributed by atoms with Gasteiger partial charge in [0.25, 0.3) is 5.91 Å². The molecule has 3 aromatic rings. The van der Waals surface area contributed by atoms with Gasteiger partial charge in [-0.15, -0.1) is 0 Å². The number of nitrogens with zero attached hydrogens (tertiary/aromatic N) is 6. The van der Waals surface area contributed by atoms with Crippen LogP contribution in [-0.2, 0) is 0 Å². The van der Waals surface area contributed by atoms with Crippen LogP contribution in [0.25, 0.3) is 11.0 Å². The highest BCUT2D eigenvalue weighted by Gasteiger charge is 2.43. The van der Waals surface area contributed by atoms with Crippen molar-refractivity contribution in [1.29, 1.82) is 0 Å². The number of amides is 1. The predicted molar refractivity (Wildman–Crippen MR) is 139 cm³/mol. The molecule has 2 aliphatic heterocycles. The number of aliphatic hydroxyl groups is 2. The topological polar surface area (TPSA) is 120 Å². The first-order chi connectivity index (χ1) is 17.9. The normalized spacial score (nSPS) is 25.0. The van der Waals surface area contributed by atoms with E-state index in [0.717, 1.165) is 55.1 Å². The Morgan fingerprint density at radius 2 is 1.78 bits per heavy atom. The highest BCUT2D eigenvalue weighted by atomic mass is 16.3. The van der Waals surface area contributed by atoms with Crippen LogP contribution in [0.2, 0.25) is 0 Å². The van der Waals surface area contributed by atoms with Crippen molar-refractivity contribution in [3.8, 4) is 0 Å². The largest absolute Gasteiger partial charge is 0.393 e. The van der Waals surface area contributed by atoms with Crippen LogP contribution in [0.5, 0.6) is 0 Å². The summed E-state index contributed by atoms with van der Waals surface area (Å²) in [6, 6.07) is 6.26. The number of hydrogen-bond donors (Lipinski definition) is 3. The van der Waals surface area contributed by atoms with Crippen molar-refractivity contribution in [2.45, 2.75) is 81.8 Å². The Morgan fingerprint density at radius 3 is 2.43 bits per heavy atom. The number of hydrogen-bond acceptors (Lipinski definition) is 8. The van der Waals surface area contributed by atoms with Crippen LogP contribution in [0, 0.1) is 0 Å². The molecule has 6 rings (SSSR count). The summed E-state index contributed by atoms with van der Waals surface area (Å²) in [5.41, 5.74) is 2.13. The van der Waals surface area contributed by atoms with Gasteiger partial charge in [-0.05, 0) is 56.7 Å². The van der Waals surface area contributed by atoms with Crippen molar-refractivity contribution >= 4 is 28.7 Å². The predicted octanol–water partition coefficient (Wildman–Crippen LogP) is 3.37. The lowest BCUT2D eigenvalue weighted by molar-refractivity contribution is -0.0748. The van der Waals surface area contributed by atoms with Crippen molar-refractivity contribution in [2.24, 2.45) is 0 Å². The molecule has 10 heteroatoms. The molecule has 3 N–H and O–H groups in total. The molecule has 0 spiro atoms. The van der Waals surface area contributed by atoms with Gasteiger partial charge in [0.1, 0.15) is 23.4 Å². The lowest BCUT2D eigenvalue weighted by Gasteiger charge is -2.40. The lowest BCUT2D eigenvalue weighted by Crippen LogP contribution is -2.46. The van der Waals surface area contributed by atoms with Crippen molar-refractivity contribution in [1.82, 2.24) is 29.3 Å². The van der Waals surface area contributed by atoms with Gasteiger partial charge in [-0.1, -0.05) is 12.8 Å². The fourth-order valence-corrected chi connectivity index (χ4v) is 6.50. The Kier molecular flexibility index (Phi) is 6.34. The molecule has 0 aromatic carbocycles. The minimum atomic E-state index is -0.735. The van der Waals surface area contributed by atoms with Gasteiger partial charge < -0.3 is 25.0 Å². The maximum atomic E-state index is 12.9.